The van der Waals surface area contributed by atoms with Crippen molar-refractivity contribution in [2.75, 3.05) is 9.80 Å². The van der Waals surface area contributed by atoms with Gasteiger partial charge in [0.1, 0.15) is 5.82 Å². The van der Waals surface area contributed by atoms with Gasteiger partial charge in [-0.2, -0.15) is 0 Å². The van der Waals surface area contributed by atoms with E-state index >= 15 is 0 Å². The van der Waals surface area contributed by atoms with Crippen molar-refractivity contribution in [1.82, 2.24) is 14.5 Å². The molecule has 0 amide bonds. The van der Waals surface area contributed by atoms with Gasteiger partial charge < -0.3 is 14.4 Å². The number of benzene rings is 6. The van der Waals surface area contributed by atoms with Crippen LogP contribution in [0.15, 0.2) is 188 Å². The third-order valence-electron chi connectivity index (χ3n) is 9.98. The monoisotopic (exact) mass is 885 g/mol. The van der Waals surface area contributed by atoms with Gasteiger partial charge in [-0.1, -0.05) is 108 Å². The van der Waals surface area contributed by atoms with E-state index in [9.17, 15) is 0 Å². The number of hydrogen-bond donors (Lipinski definition) is 0. The van der Waals surface area contributed by atoms with E-state index in [1.165, 1.54) is 0 Å². The normalized spacial score (nSPS) is 12.1. The van der Waals surface area contributed by atoms with Crippen molar-refractivity contribution in [2.45, 2.75) is 0 Å². The number of anilines is 4. The zero-order valence-electron chi connectivity index (χ0n) is 29.5. The molecule has 0 saturated carbocycles. The molecule has 0 spiro atoms. The fourth-order valence-electron chi connectivity index (χ4n) is 7.58. The largest absolute Gasteiger partial charge is 0.488 e. The summed E-state index contributed by atoms with van der Waals surface area (Å²) in [5, 5.41) is 2.19. The first-order chi connectivity index (χ1) is 26.8. The van der Waals surface area contributed by atoms with Crippen LogP contribution < -0.4 is 9.80 Å². The zero-order valence-corrected chi connectivity index (χ0v) is 31.8. The Hall–Kier alpha value is -6.55. The van der Waals surface area contributed by atoms with Crippen LogP contribution in [0, 0.1) is 18.8 Å². The van der Waals surface area contributed by atoms with Crippen molar-refractivity contribution in [2.24, 2.45) is 0 Å². The number of pyridine rings is 2. The molecule has 4 heterocycles. The summed E-state index contributed by atoms with van der Waals surface area (Å²) < 4.78 is 2.16. The van der Waals surface area contributed by atoms with Gasteiger partial charge in [-0.05, 0) is 70.1 Å². The quantitative estimate of drug-likeness (QED) is 0.118. The first kappa shape index (κ1) is 34.2. The molecule has 6 aromatic carbocycles. The first-order valence-corrected chi connectivity index (χ1v) is 18.0. The molecule has 10 rings (SSSR count). The molecule has 6 heteroatoms. The zero-order chi connectivity index (χ0) is 35.8. The fraction of sp³-hybridized carbons (Fsp3) is 0. The number of para-hydroxylation sites is 3. The van der Waals surface area contributed by atoms with E-state index < -0.39 is 0 Å². The van der Waals surface area contributed by atoms with Gasteiger partial charge >= 0.3 is 0 Å². The summed E-state index contributed by atoms with van der Waals surface area (Å²) in [5.74, 6) is 0.815. The van der Waals surface area contributed by atoms with E-state index in [0.29, 0.717) is 0 Å². The Morgan fingerprint density at radius 3 is 1.87 bits per heavy atom. The second-order valence-electron chi connectivity index (χ2n) is 13.2. The van der Waals surface area contributed by atoms with E-state index in [-0.39, 0.29) is 21.1 Å². The molecule has 266 valence electrons. The van der Waals surface area contributed by atoms with Gasteiger partial charge in [0.15, 0.2) is 0 Å². The van der Waals surface area contributed by atoms with Crippen molar-refractivity contribution < 1.29 is 21.1 Å². The maximum Gasteiger partial charge on any atom is 0.136 e. The molecule has 0 saturated heterocycles. The Labute approximate surface area is 334 Å². The Kier molecular flexibility index (Phi) is 9.15. The predicted octanol–water partition coefficient (Wildman–Crippen LogP) is 11.6. The summed E-state index contributed by atoms with van der Waals surface area (Å²) in [6.45, 7) is 2.16. The molecular weight excluding hydrogens is 854 g/mol. The third kappa shape index (κ3) is 6.13. The molecule has 1 aliphatic heterocycles. The number of nitrogens with zero attached hydrogens (tertiary/aromatic N) is 5. The van der Waals surface area contributed by atoms with Crippen LogP contribution >= 0.6 is 0 Å². The van der Waals surface area contributed by atoms with Crippen LogP contribution in [0.2, 0.25) is 0 Å². The van der Waals surface area contributed by atoms with Crippen LogP contribution in [0.5, 0.6) is 0 Å². The average molecular weight is 886 g/mol. The first-order valence-electron chi connectivity index (χ1n) is 18.0. The molecule has 1 aliphatic rings. The van der Waals surface area contributed by atoms with Crippen molar-refractivity contribution >= 4 is 55.7 Å². The molecule has 55 heavy (non-hydrogen) atoms. The standard InChI is InChI=1S/C49H32N5.Pt/c1-4-15-35(16-5-1)48(36-17-6-2-7-18-36)49(38-26-27-41-42-28-30-50-33-46(42)54(45(41)32-38)47-25-12-13-29-51-47)37-19-14-22-40(31-37)53-34-52(39-20-8-3-9-21-39)43-23-10-11-24-44(43)53;/h1-30,33-34H;/q-3;. The topological polar surface area (TPSA) is 37.2 Å². The maximum absolute atomic E-state index is 4.77. The molecule has 3 aromatic heterocycles. The molecule has 0 unspecified atom stereocenters. The number of fused-ring (bicyclic) bond motifs is 4. The minimum atomic E-state index is 0. The predicted molar refractivity (Wildman–Crippen MR) is 220 cm³/mol. The smallest absolute Gasteiger partial charge is 0.136 e. The number of hydrogen-bond acceptors (Lipinski definition) is 4. The van der Waals surface area contributed by atoms with Gasteiger partial charge in [-0.15, -0.1) is 65.8 Å². The second-order valence-corrected chi connectivity index (χ2v) is 13.2. The van der Waals surface area contributed by atoms with Gasteiger partial charge in [0, 0.05) is 50.5 Å². The van der Waals surface area contributed by atoms with Gasteiger partial charge in [0.05, 0.1) is 11.7 Å². The molecule has 0 atom stereocenters. The second kappa shape index (κ2) is 14.7. The summed E-state index contributed by atoms with van der Waals surface area (Å²) in [4.78, 5) is 13.7. The van der Waals surface area contributed by atoms with Crippen molar-refractivity contribution in [3.8, 4) is 5.82 Å². The van der Waals surface area contributed by atoms with Gasteiger partial charge in [0.2, 0.25) is 0 Å². The van der Waals surface area contributed by atoms with Crippen LogP contribution in [0.4, 0.5) is 22.7 Å². The van der Waals surface area contributed by atoms with Gasteiger partial charge in [0.25, 0.3) is 0 Å². The molecule has 5 nitrogen and oxygen atoms in total. The molecular formula is C49H32N5Pt-3. The maximum atomic E-state index is 4.77. The van der Waals surface area contributed by atoms with Gasteiger partial charge in [-0.3, -0.25) is 4.98 Å². The molecule has 0 fully saturated rings. The number of aromatic nitrogens is 3. The molecule has 9 aromatic rings. The van der Waals surface area contributed by atoms with Crippen LogP contribution in [-0.2, 0) is 21.1 Å². The van der Waals surface area contributed by atoms with Crippen LogP contribution in [-0.4, -0.2) is 14.5 Å². The van der Waals surface area contributed by atoms with E-state index in [1.807, 2.05) is 42.9 Å². The summed E-state index contributed by atoms with van der Waals surface area (Å²) >= 11 is 0. The minimum absolute atomic E-state index is 0. The SMILES string of the molecule is [Pt].[c-]1c(C(=C(c2ccccc2)c2ccccc2)c2[c-]c3c(cc2)c2ccncc2n3-c2ccccn2)cccc1N1[CH-]N(c2ccccc2)c2ccccc21. The van der Waals surface area contributed by atoms with Crippen LogP contribution in [0.3, 0.4) is 0 Å². The average Bonchev–Trinajstić information content (AvgIpc) is 3.80. The Bertz CT molecular complexity index is 2760. The molecule has 0 aliphatic carbocycles. The number of rotatable bonds is 7. The van der Waals surface area contributed by atoms with Crippen molar-refractivity contribution in [3.63, 3.8) is 0 Å². The molecule has 0 N–H and O–H groups in total. The van der Waals surface area contributed by atoms with E-state index in [0.717, 1.165) is 83.8 Å². The van der Waals surface area contributed by atoms with Crippen LogP contribution in [0.25, 0.3) is 38.8 Å². The van der Waals surface area contributed by atoms with E-state index in [1.54, 1.807) is 0 Å². The fourth-order valence-corrected chi connectivity index (χ4v) is 7.58. The summed E-state index contributed by atoms with van der Waals surface area (Å²) in [6.07, 6.45) is 5.59. The van der Waals surface area contributed by atoms with E-state index in [2.05, 4.69) is 184 Å². The Balaban J connectivity index is 0.00000397. The molecule has 0 radical (unpaired) electrons. The molecule has 0 bridgehead atoms. The summed E-state index contributed by atoms with van der Waals surface area (Å²) in [7, 11) is 0. The summed E-state index contributed by atoms with van der Waals surface area (Å²) in [6, 6.07) is 67.0. The minimum Gasteiger partial charge on any atom is -0.488 e. The van der Waals surface area contributed by atoms with Gasteiger partial charge in [-0.25, -0.2) is 4.98 Å². The van der Waals surface area contributed by atoms with Crippen molar-refractivity contribution in [3.05, 3.63) is 230 Å². The van der Waals surface area contributed by atoms with Crippen molar-refractivity contribution in [1.29, 1.82) is 0 Å². The van der Waals surface area contributed by atoms with Crippen LogP contribution in [0.1, 0.15) is 22.3 Å². The van der Waals surface area contributed by atoms with E-state index in [4.69, 9.17) is 4.98 Å². The third-order valence-corrected chi connectivity index (χ3v) is 9.98. The summed E-state index contributed by atoms with van der Waals surface area (Å²) in [5.41, 5.74) is 12.4. The Morgan fingerprint density at radius 1 is 0.509 bits per heavy atom. The Morgan fingerprint density at radius 2 is 1.16 bits per heavy atom.